The van der Waals surface area contributed by atoms with Crippen LogP contribution in [0.1, 0.15) is 30.1 Å². The Balaban J connectivity index is 3.00. The van der Waals surface area contributed by atoms with Crippen LogP contribution in [0.2, 0.25) is 0 Å². The summed E-state index contributed by atoms with van der Waals surface area (Å²) in [5.41, 5.74) is -1.08. The van der Waals surface area contributed by atoms with E-state index in [0.717, 1.165) is 12.1 Å². The van der Waals surface area contributed by atoms with Crippen molar-refractivity contribution in [2.75, 3.05) is 6.26 Å². The molecule has 10 heteroatoms. The van der Waals surface area contributed by atoms with Crippen LogP contribution in [-0.2, 0) is 20.5 Å². The van der Waals surface area contributed by atoms with E-state index >= 15 is 0 Å². The molecule has 1 aromatic rings. The number of rotatable bonds is 5. The lowest BCUT2D eigenvalue weighted by Crippen LogP contribution is -2.15. The Hall–Kier alpha value is -1.29. The molecule has 1 aromatic carbocycles. The van der Waals surface area contributed by atoms with E-state index in [1.54, 1.807) is 0 Å². The zero-order chi connectivity index (χ0) is 17.2. The minimum Gasteiger partial charge on any atom is -0.262 e. The van der Waals surface area contributed by atoms with Crippen molar-refractivity contribution in [2.24, 2.45) is 0 Å². The molecule has 0 N–H and O–H groups in total. The summed E-state index contributed by atoms with van der Waals surface area (Å²) in [6.45, 7) is 0. The first kappa shape index (κ1) is 18.8. The van der Waals surface area contributed by atoms with Crippen LogP contribution in [0.3, 0.4) is 0 Å². The number of benzene rings is 1. The molecular weight excluding hydrogens is 338 g/mol. The molecule has 1 rings (SSSR count). The van der Waals surface area contributed by atoms with Crippen LogP contribution >= 0.6 is 0 Å². The van der Waals surface area contributed by atoms with Gasteiger partial charge in [0.25, 0.3) is 10.1 Å². The van der Waals surface area contributed by atoms with E-state index in [2.05, 4.69) is 4.18 Å². The minimum absolute atomic E-state index is 0.0809. The van der Waals surface area contributed by atoms with Crippen LogP contribution in [0.4, 0.5) is 26.3 Å². The first-order valence-corrected chi connectivity index (χ1v) is 7.72. The molecule has 0 bridgehead atoms. The Kier molecular flexibility index (Phi) is 5.50. The van der Waals surface area contributed by atoms with Crippen LogP contribution in [0.15, 0.2) is 24.3 Å². The van der Waals surface area contributed by atoms with E-state index < -0.39 is 47.0 Å². The van der Waals surface area contributed by atoms with E-state index in [0.29, 0.717) is 18.4 Å². The first-order chi connectivity index (χ1) is 9.78. The minimum atomic E-state index is -4.60. The number of alkyl halides is 6. The maximum absolute atomic E-state index is 12.4. The Morgan fingerprint density at radius 1 is 1.05 bits per heavy atom. The highest BCUT2D eigenvalue weighted by molar-refractivity contribution is 7.86. The van der Waals surface area contributed by atoms with Gasteiger partial charge in [-0.05, 0) is 24.1 Å². The molecule has 0 aliphatic carbocycles. The van der Waals surface area contributed by atoms with Gasteiger partial charge < -0.3 is 0 Å². The second-order valence-electron chi connectivity index (χ2n) is 4.56. The summed E-state index contributed by atoms with van der Waals surface area (Å²) >= 11 is 0. The average Bonchev–Trinajstić information content (AvgIpc) is 2.31. The molecule has 0 spiro atoms. The van der Waals surface area contributed by atoms with Crippen LogP contribution < -0.4 is 0 Å². The average molecular weight is 350 g/mol. The van der Waals surface area contributed by atoms with E-state index in [1.807, 2.05) is 0 Å². The predicted molar refractivity (Wildman–Crippen MR) is 65.4 cm³/mol. The monoisotopic (exact) mass is 350 g/mol. The summed E-state index contributed by atoms with van der Waals surface area (Å²) in [6, 6.07) is 3.10. The Morgan fingerprint density at radius 2 is 1.55 bits per heavy atom. The van der Waals surface area contributed by atoms with Gasteiger partial charge in [-0.3, -0.25) is 4.18 Å². The summed E-state index contributed by atoms with van der Waals surface area (Å²) in [4.78, 5) is 0. The Labute approximate surface area is 123 Å². The molecule has 1 unspecified atom stereocenters. The highest BCUT2D eigenvalue weighted by Gasteiger charge is 2.32. The largest absolute Gasteiger partial charge is 0.416 e. The van der Waals surface area contributed by atoms with Gasteiger partial charge in [-0.2, -0.15) is 34.8 Å². The molecule has 0 saturated heterocycles. The Bertz CT molecular complexity index is 589. The molecule has 0 aliphatic heterocycles. The van der Waals surface area contributed by atoms with Gasteiger partial charge in [-0.15, -0.1) is 0 Å². The molecule has 22 heavy (non-hydrogen) atoms. The fraction of sp³-hybridized carbons (Fsp3) is 0.500. The van der Waals surface area contributed by atoms with Crippen molar-refractivity contribution in [2.45, 2.75) is 31.3 Å². The van der Waals surface area contributed by atoms with Crippen molar-refractivity contribution in [1.82, 2.24) is 0 Å². The summed E-state index contributed by atoms with van der Waals surface area (Å²) in [7, 11) is -4.07. The van der Waals surface area contributed by atoms with Crippen LogP contribution in [0.25, 0.3) is 0 Å². The molecule has 0 saturated carbocycles. The number of halogens is 6. The first-order valence-electron chi connectivity index (χ1n) is 5.90. The zero-order valence-electron chi connectivity index (χ0n) is 11.2. The highest BCUT2D eigenvalue weighted by atomic mass is 32.2. The predicted octanol–water partition coefficient (Wildman–Crippen LogP) is 4.07. The number of hydrogen-bond acceptors (Lipinski definition) is 3. The SMILES string of the molecule is CS(=O)(=O)OC(CCC(F)(F)F)c1ccc(C(F)(F)F)cc1. The zero-order valence-corrected chi connectivity index (χ0v) is 12.0. The van der Waals surface area contributed by atoms with E-state index in [-0.39, 0.29) is 5.56 Å². The molecule has 3 nitrogen and oxygen atoms in total. The second kappa shape index (κ2) is 6.45. The lowest BCUT2D eigenvalue weighted by Gasteiger charge is -2.18. The van der Waals surface area contributed by atoms with Crippen LogP contribution in [0.5, 0.6) is 0 Å². The van der Waals surface area contributed by atoms with Crippen molar-refractivity contribution in [3.8, 4) is 0 Å². The van der Waals surface area contributed by atoms with Gasteiger partial charge in [0.1, 0.15) is 6.10 Å². The summed E-state index contributed by atoms with van der Waals surface area (Å²) in [5, 5.41) is 0. The maximum atomic E-state index is 12.4. The normalized spacial score (nSPS) is 14.9. The third kappa shape index (κ3) is 6.65. The molecule has 1 atom stereocenters. The van der Waals surface area contributed by atoms with Crippen LogP contribution in [-0.4, -0.2) is 20.8 Å². The van der Waals surface area contributed by atoms with Crippen LogP contribution in [0, 0.1) is 0 Å². The van der Waals surface area contributed by atoms with Gasteiger partial charge in [0.15, 0.2) is 0 Å². The highest BCUT2D eigenvalue weighted by Crippen LogP contribution is 2.33. The van der Waals surface area contributed by atoms with E-state index in [1.165, 1.54) is 0 Å². The topological polar surface area (TPSA) is 43.4 Å². The molecule has 0 radical (unpaired) electrons. The fourth-order valence-electron chi connectivity index (χ4n) is 1.66. The number of hydrogen-bond donors (Lipinski definition) is 0. The Morgan fingerprint density at radius 3 is 1.91 bits per heavy atom. The quantitative estimate of drug-likeness (QED) is 0.594. The van der Waals surface area contributed by atoms with E-state index in [4.69, 9.17) is 0 Å². The van der Waals surface area contributed by atoms with Gasteiger partial charge in [-0.1, -0.05) is 12.1 Å². The molecule has 0 amide bonds. The lowest BCUT2D eigenvalue weighted by molar-refractivity contribution is -0.139. The van der Waals surface area contributed by atoms with Gasteiger partial charge in [0, 0.05) is 6.42 Å². The van der Waals surface area contributed by atoms with E-state index in [9.17, 15) is 34.8 Å². The van der Waals surface area contributed by atoms with Crippen molar-refractivity contribution in [3.05, 3.63) is 35.4 Å². The van der Waals surface area contributed by atoms with Gasteiger partial charge in [0.2, 0.25) is 0 Å². The lowest BCUT2D eigenvalue weighted by atomic mass is 10.0. The van der Waals surface area contributed by atoms with Crippen molar-refractivity contribution in [1.29, 1.82) is 0 Å². The van der Waals surface area contributed by atoms with Crippen molar-refractivity contribution >= 4 is 10.1 Å². The molecular formula is C12H12F6O3S. The smallest absolute Gasteiger partial charge is 0.262 e. The molecule has 0 aromatic heterocycles. The summed E-state index contributed by atoms with van der Waals surface area (Å²) in [6.07, 6.45) is -12.0. The standard InChI is InChI=1S/C12H12F6O3S/c1-22(19,20)21-10(6-7-11(13,14)15)8-2-4-9(5-3-8)12(16,17)18/h2-5,10H,6-7H2,1H3. The third-order valence-corrected chi connectivity index (χ3v) is 3.17. The van der Waals surface area contributed by atoms with Crippen molar-refractivity contribution < 1.29 is 38.9 Å². The van der Waals surface area contributed by atoms with Gasteiger partial charge in [0.05, 0.1) is 11.8 Å². The third-order valence-electron chi connectivity index (χ3n) is 2.59. The molecule has 0 heterocycles. The molecule has 0 fully saturated rings. The second-order valence-corrected chi connectivity index (χ2v) is 6.16. The summed E-state index contributed by atoms with van der Waals surface area (Å²) in [5.74, 6) is 0. The van der Waals surface area contributed by atoms with Gasteiger partial charge in [-0.25, -0.2) is 0 Å². The summed E-state index contributed by atoms with van der Waals surface area (Å²) < 4.78 is 101. The molecule has 0 aliphatic rings. The fourth-order valence-corrected chi connectivity index (χ4v) is 2.29. The van der Waals surface area contributed by atoms with Gasteiger partial charge >= 0.3 is 12.4 Å². The maximum Gasteiger partial charge on any atom is 0.416 e. The molecule has 126 valence electrons. The van der Waals surface area contributed by atoms with Crippen molar-refractivity contribution in [3.63, 3.8) is 0 Å².